The maximum absolute atomic E-state index is 14.3. The van der Waals surface area contributed by atoms with Crippen molar-refractivity contribution in [3.63, 3.8) is 0 Å². The van der Waals surface area contributed by atoms with Gasteiger partial charge in [0.25, 0.3) is 5.92 Å². The zero-order valence-electron chi connectivity index (χ0n) is 10.2. The largest absolute Gasteiger partial charge is 0.477 e. The van der Waals surface area contributed by atoms with Crippen molar-refractivity contribution in [2.45, 2.75) is 30.2 Å². The fourth-order valence-electron chi connectivity index (χ4n) is 2.78. The van der Waals surface area contributed by atoms with Crippen LogP contribution in [0.1, 0.15) is 24.0 Å². The number of aliphatic imine (C=N–C) groups is 1. The van der Waals surface area contributed by atoms with Gasteiger partial charge in [0.2, 0.25) is 0 Å². The molecule has 0 radical (unpaired) electrons. The maximum atomic E-state index is 14.3. The topological polar surface area (TPSA) is 21.6 Å². The molecule has 1 aromatic carbocycles. The minimum absolute atomic E-state index is 0.132. The third-order valence-electron chi connectivity index (χ3n) is 3.84. The van der Waals surface area contributed by atoms with Crippen LogP contribution in [0.5, 0.6) is 0 Å². The van der Waals surface area contributed by atoms with Crippen LogP contribution in [0.2, 0.25) is 0 Å². The fourth-order valence-corrected chi connectivity index (χ4v) is 3.14. The molecule has 1 aliphatic carbocycles. The normalized spacial score (nSPS) is 29.9. The van der Waals surface area contributed by atoms with E-state index in [1.165, 1.54) is 18.2 Å². The Bertz CT molecular complexity index is 590. The number of hydrogen-bond donors (Lipinski definition) is 0. The van der Waals surface area contributed by atoms with Crippen molar-refractivity contribution >= 4 is 22.3 Å². The molecule has 0 fully saturated rings. The molecule has 7 heteroatoms. The predicted molar refractivity (Wildman–Crippen MR) is 68.3 cm³/mol. The lowest BCUT2D eigenvalue weighted by molar-refractivity contribution is -0.141. The maximum Gasteiger partial charge on any atom is 0.310 e. The van der Waals surface area contributed by atoms with Crippen molar-refractivity contribution < 1.29 is 22.3 Å². The number of alkyl halides is 4. The van der Waals surface area contributed by atoms with Crippen LogP contribution in [0.3, 0.4) is 0 Å². The summed E-state index contributed by atoms with van der Waals surface area (Å²) in [5.74, 6) is -6.45. The Balaban J connectivity index is 2.28. The van der Waals surface area contributed by atoms with Gasteiger partial charge in [0, 0.05) is 16.5 Å². The molecular formula is C13H10BrF4NO. The van der Waals surface area contributed by atoms with Gasteiger partial charge >= 0.3 is 5.92 Å². The molecule has 1 heterocycles. The first-order valence-corrected chi connectivity index (χ1v) is 6.79. The van der Waals surface area contributed by atoms with Gasteiger partial charge in [-0.15, -0.1) is 0 Å². The van der Waals surface area contributed by atoms with Gasteiger partial charge in [-0.2, -0.15) is 8.78 Å². The minimum Gasteiger partial charge on any atom is -0.477 e. The van der Waals surface area contributed by atoms with E-state index in [0.717, 1.165) is 6.40 Å². The highest BCUT2D eigenvalue weighted by atomic mass is 79.9. The third-order valence-corrected chi connectivity index (χ3v) is 4.33. The standard InChI is InChI=1S/C13H10BrF4NO/c14-8-1-2-9-10(5-8)11(3-4-12(9,15)16)13(17,18)6-20-7-19-11/h1-2,5,7H,3-4,6H2/t11-/m1/s1. The second-order valence-corrected chi connectivity index (χ2v) is 5.92. The molecule has 3 rings (SSSR count). The molecular weight excluding hydrogens is 342 g/mol. The first-order chi connectivity index (χ1) is 9.29. The average Bonchev–Trinajstić information content (AvgIpc) is 2.36. The molecule has 1 aliphatic heterocycles. The Labute approximate surface area is 121 Å². The van der Waals surface area contributed by atoms with E-state index in [2.05, 4.69) is 25.7 Å². The SMILES string of the molecule is FC1(F)CC[C@@]2(N=COCC2(F)F)c2cc(Br)ccc21. The summed E-state index contributed by atoms with van der Waals surface area (Å²) in [6.45, 7) is -0.853. The molecule has 0 N–H and O–H groups in total. The third kappa shape index (κ3) is 1.78. The molecule has 0 aromatic heterocycles. The van der Waals surface area contributed by atoms with Gasteiger partial charge in [-0.25, -0.2) is 13.8 Å². The van der Waals surface area contributed by atoms with Gasteiger partial charge in [0.05, 0.1) is 0 Å². The van der Waals surface area contributed by atoms with Crippen LogP contribution in [0, 0.1) is 0 Å². The molecule has 0 saturated carbocycles. The first-order valence-electron chi connectivity index (χ1n) is 6.00. The van der Waals surface area contributed by atoms with Gasteiger partial charge in [-0.05, 0) is 24.1 Å². The zero-order valence-corrected chi connectivity index (χ0v) is 11.8. The lowest BCUT2D eigenvalue weighted by Crippen LogP contribution is -2.53. The number of benzene rings is 1. The Morgan fingerprint density at radius 1 is 1.10 bits per heavy atom. The van der Waals surface area contributed by atoms with Crippen LogP contribution in [0.15, 0.2) is 27.7 Å². The average molecular weight is 352 g/mol. The van der Waals surface area contributed by atoms with Crippen molar-refractivity contribution in [3.05, 3.63) is 33.8 Å². The van der Waals surface area contributed by atoms with Crippen LogP contribution in [-0.4, -0.2) is 18.9 Å². The highest BCUT2D eigenvalue weighted by Crippen LogP contribution is 2.55. The molecule has 108 valence electrons. The predicted octanol–water partition coefficient (Wildman–Crippen LogP) is 4.22. The summed E-state index contributed by atoms with van der Waals surface area (Å²) in [7, 11) is 0. The monoisotopic (exact) mass is 351 g/mol. The van der Waals surface area contributed by atoms with Crippen LogP contribution in [-0.2, 0) is 16.2 Å². The number of rotatable bonds is 0. The van der Waals surface area contributed by atoms with Gasteiger partial charge < -0.3 is 4.74 Å². The number of fused-ring (bicyclic) bond motifs is 2. The Morgan fingerprint density at radius 2 is 1.85 bits per heavy atom. The summed E-state index contributed by atoms with van der Waals surface area (Å²) in [5, 5.41) is 0. The van der Waals surface area contributed by atoms with E-state index in [1.807, 2.05) is 0 Å². The highest BCUT2D eigenvalue weighted by molar-refractivity contribution is 9.10. The summed E-state index contributed by atoms with van der Waals surface area (Å²) in [6.07, 6.45) is -0.142. The van der Waals surface area contributed by atoms with E-state index in [1.54, 1.807) is 0 Å². The van der Waals surface area contributed by atoms with Gasteiger partial charge in [0.15, 0.2) is 18.5 Å². The van der Waals surface area contributed by atoms with Crippen molar-refractivity contribution in [2.75, 3.05) is 6.61 Å². The second-order valence-electron chi connectivity index (χ2n) is 5.00. The Morgan fingerprint density at radius 3 is 2.55 bits per heavy atom. The van der Waals surface area contributed by atoms with Crippen LogP contribution in [0.4, 0.5) is 17.6 Å². The molecule has 1 atom stereocenters. The van der Waals surface area contributed by atoms with Gasteiger partial charge in [-0.3, -0.25) is 0 Å². The van der Waals surface area contributed by atoms with E-state index < -0.39 is 36.8 Å². The van der Waals surface area contributed by atoms with Crippen molar-refractivity contribution in [1.82, 2.24) is 0 Å². The lowest BCUT2D eigenvalue weighted by atomic mass is 9.71. The highest BCUT2D eigenvalue weighted by Gasteiger charge is 2.62. The molecule has 0 amide bonds. The number of hydrogen-bond acceptors (Lipinski definition) is 2. The smallest absolute Gasteiger partial charge is 0.310 e. The van der Waals surface area contributed by atoms with Crippen LogP contribution >= 0.6 is 15.9 Å². The lowest BCUT2D eigenvalue weighted by Gasteiger charge is -2.44. The molecule has 2 aliphatic rings. The molecule has 1 spiro atoms. The van der Waals surface area contributed by atoms with Crippen molar-refractivity contribution in [3.8, 4) is 0 Å². The second kappa shape index (κ2) is 4.19. The van der Waals surface area contributed by atoms with Crippen LogP contribution < -0.4 is 0 Å². The van der Waals surface area contributed by atoms with Gasteiger partial charge in [-0.1, -0.05) is 22.0 Å². The summed E-state index contributed by atoms with van der Waals surface area (Å²) >= 11 is 3.14. The first kappa shape index (κ1) is 13.9. The van der Waals surface area contributed by atoms with Gasteiger partial charge in [0.1, 0.15) is 0 Å². The molecule has 0 unspecified atom stereocenters. The summed E-state index contributed by atoms with van der Waals surface area (Å²) < 4.78 is 61.6. The fraction of sp³-hybridized carbons (Fsp3) is 0.462. The van der Waals surface area contributed by atoms with E-state index in [0.29, 0.717) is 4.47 Å². The minimum atomic E-state index is -3.33. The zero-order chi connectivity index (χ0) is 14.6. The summed E-state index contributed by atoms with van der Waals surface area (Å²) in [5.41, 5.74) is -2.48. The number of nitrogens with zero attached hydrogens (tertiary/aromatic N) is 1. The Hall–Kier alpha value is -1.11. The molecule has 0 bridgehead atoms. The van der Waals surface area contributed by atoms with Crippen LogP contribution in [0.25, 0.3) is 0 Å². The van der Waals surface area contributed by atoms with Crippen molar-refractivity contribution in [1.29, 1.82) is 0 Å². The van der Waals surface area contributed by atoms with E-state index in [-0.39, 0.29) is 11.1 Å². The van der Waals surface area contributed by atoms with E-state index in [4.69, 9.17) is 0 Å². The molecule has 20 heavy (non-hydrogen) atoms. The summed E-state index contributed by atoms with van der Waals surface area (Å²) in [6, 6.07) is 3.91. The molecule has 1 aromatic rings. The molecule has 0 saturated heterocycles. The number of ether oxygens (including phenoxy) is 1. The van der Waals surface area contributed by atoms with E-state index in [9.17, 15) is 17.6 Å². The summed E-state index contributed by atoms with van der Waals surface area (Å²) in [4.78, 5) is 3.77. The Kier molecular flexibility index (Phi) is 2.90. The van der Waals surface area contributed by atoms with Crippen molar-refractivity contribution in [2.24, 2.45) is 4.99 Å². The molecule has 2 nitrogen and oxygen atoms in total. The van der Waals surface area contributed by atoms with E-state index >= 15 is 0 Å². The quantitative estimate of drug-likeness (QED) is 0.641. The number of halogens is 5.